The maximum atomic E-state index is 14.2. The van der Waals surface area contributed by atoms with Crippen molar-refractivity contribution in [1.82, 2.24) is 4.90 Å². The van der Waals surface area contributed by atoms with Gasteiger partial charge in [-0.3, -0.25) is 4.90 Å². The van der Waals surface area contributed by atoms with E-state index >= 15 is 0 Å². The number of hydrogen-bond acceptors (Lipinski definition) is 5. The monoisotopic (exact) mass is 400 g/mol. The summed E-state index contributed by atoms with van der Waals surface area (Å²) >= 11 is 0. The van der Waals surface area contributed by atoms with Gasteiger partial charge in [0.25, 0.3) is 0 Å². The fraction of sp³-hybridized carbons (Fsp3) is 0.435. The van der Waals surface area contributed by atoms with Gasteiger partial charge in [0.05, 0.1) is 24.5 Å². The lowest BCUT2D eigenvalue weighted by atomic mass is 10.0. The van der Waals surface area contributed by atoms with E-state index in [4.69, 9.17) is 9.57 Å². The van der Waals surface area contributed by atoms with E-state index in [0.717, 1.165) is 11.3 Å². The molecule has 0 radical (unpaired) electrons. The molecule has 2 atom stereocenters. The Morgan fingerprint density at radius 3 is 2.62 bits per heavy atom. The van der Waals surface area contributed by atoms with Gasteiger partial charge in [-0.15, -0.1) is 0 Å². The van der Waals surface area contributed by atoms with Crippen LogP contribution in [0.4, 0.5) is 4.39 Å². The summed E-state index contributed by atoms with van der Waals surface area (Å²) in [6.07, 6.45) is -0.0870. The maximum Gasteiger partial charge on any atom is 0.145 e. The van der Waals surface area contributed by atoms with Gasteiger partial charge in [-0.25, -0.2) is 4.39 Å². The molecular weight excluding hydrogens is 371 g/mol. The number of aliphatic hydroxyl groups is 1. The minimum absolute atomic E-state index is 0.0460. The van der Waals surface area contributed by atoms with Crippen LogP contribution in [0.2, 0.25) is 0 Å². The fourth-order valence-corrected chi connectivity index (χ4v) is 3.34. The van der Waals surface area contributed by atoms with E-state index in [1.807, 2.05) is 55.1 Å². The van der Waals surface area contributed by atoms with E-state index in [1.165, 1.54) is 6.07 Å². The molecule has 0 spiro atoms. The van der Waals surface area contributed by atoms with Gasteiger partial charge >= 0.3 is 0 Å². The van der Waals surface area contributed by atoms with Crippen molar-refractivity contribution in [2.24, 2.45) is 5.16 Å². The second-order valence-corrected chi connectivity index (χ2v) is 7.66. The van der Waals surface area contributed by atoms with E-state index in [-0.39, 0.29) is 24.6 Å². The Bertz CT molecular complexity index is 798. The molecule has 0 aromatic heterocycles. The largest absolute Gasteiger partial charge is 0.390 e. The zero-order chi connectivity index (χ0) is 20.6. The molecule has 0 amide bonds. The van der Waals surface area contributed by atoms with Crippen LogP contribution >= 0.6 is 0 Å². The van der Waals surface area contributed by atoms with Gasteiger partial charge in [-0.2, -0.15) is 0 Å². The number of ether oxygens (including phenoxy) is 1. The van der Waals surface area contributed by atoms with Crippen molar-refractivity contribution in [3.05, 3.63) is 71.5 Å². The SMILES string of the molecule is CC(C)OC[C@H](O)CN(Cc1ccccc1F)C[C@H]1CC(c2ccccc2)=NO1. The van der Waals surface area contributed by atoms with Crippen LogP contribution in [0.25, 0.3) is 0 Å². The van der Waals surface area contributed by atoms with Crippen molar-refractivity contribution in [3.8, 4) is 0 Å². The van der Waals surface area contributed by atoms with Crippen LogP contribution in [0.1, 0.15) is 31.4 Å². The van der Waals surface area contributed by atoms with Crippen molar-refractivity contribution in [2.75, 3.05) is 19.7 Å². The molecule has 0 saturated heterocycles. The number of benzene rings is 2. The van der Waals surface area contributed by atoms with Gasteiger partial charge in [-0.05, 0) is 25.5 Å². The van der Waals surface area contributed by atoms with Crippen LogP contribution < -0.4 is 0 Å². The summed E-state index contributed by atoms with van der Waals surface area (Å²) in [4.78, 5) is 7.64. The Labute approximate surface area is 171 Å². The van der Waals surface area contributed by atoms with Gasteiger partial charge < -0.3 is 14.7 Å². The molecular formula is C23H29FN2O3. The molecule has 6 heteroatoms. The highest BCUT2D eigenvalue weighted by atomic mass is 19.1. The highest BCUT2D eigenvalue weighted by Crippen LogP contribution is 2.19. The zero-order valence-electron chi connectivity index (χ0n) is 17.0. The molecule has 2 aromatic carbocycles. The first-order chi connectivity index (χ1) is 14.0. The second kappa shape index (κ2) is 10.5. The minimum Gasteiger partial charge on any atom is -0.390 e. The molecule has 3 rings (SSSR count). The molecule has 1 aliphatic heterocycles. The zero-order valence-corrected chi connectivity index (χ0v) is 17.0. The summed E-state index contributed by atoms with van der Waals surface area (Å²) in [7, 11) is 0. The van der Waals surface area contributed by atoms with Crippen LogP contribution in [0.5, 0.6) is 0 Å². The first-order valence-corrected chi connectivity index (χ1v) is 10.0. The number of oxime groups is 1. The molecule has 29 heavy (non-hydrogen) atoms. The van der Waals surface area contributed by atoms with Crippen molar-refractivity contribution in [2.45, 2.75) is 45.1 Å². The van der Waals surface area contributed by atoms with Crippen LogP contribution in [-0.4, -0.2) is 53.7 Å². The standard InChI is InChI=1S/C23H29FN2O3/c1-17(2)28-16-20(27)14-26(13-19-10-6-7-11-22(19)24)15-21-12-23(25-29-21)18-8-4-3-5-9-18/h3-11,17,20-21,27H,12-16H2,1-2H3/t20-,21-/m1/s1. The van der Waals surface area contributed by atoms with Gasteiger partial charge in [-0.1, -0.05) is 53.7 Å². The molecule has 1 aliphatic rings. The van der Waals surface area contributed by atoms with Gasteiger partial charge in [0.2, 0.25) is 0 Å². The Balaban J connectivity index is 1.62. The molecule has 5 nitrogen and oxygen atoms in total. The Hall–Kier alpha value is -2.28. The predicted molar refractivity (Wildman–Crippen MR) is 111 cm³/mol. The topological polar surface area (TPSA) is 54.3 Å². The van der Waals surface area contributed by atoms with Crippen LogP contribution in [-0.2, 0) is 16.1 Å². The van der Waals surface area contributed by atoms with E-state index in [0.29, 0.717) is 31.6 Å². The minimum atomic E-state index is -0.667. The number of aliphatic hydroxyl groups excluding tert-OH is 1. The molecule has 156 valence electrons. The normalized spacial score (nSPS) is 17.4. The van der Waals surface area contributed by atoms with Crippen LogP contribution in [0.15, 0.2) is 59.8 Å². The van der Waals surface area contributed by atoms with Crippen molar-refractivity contribution >= 4 is 5.71 Å². The third-order valence-electron chi connectivity index (χ3n) is 4.74. The van der Waals surface area contributed by atoms with Crippen molar-refractivity contribution in [3.63, 3.8) is 0 Å². The highest BCUT2D eigenvalue weighted by Gasteiger charge is 2.26. The quantitative estimate of drug-likeness (QED) is 0.662. The van der Waals surface area contributed by atoms with Crippen LogP contribution in [0.3, 0.4) is 0 Å². The maximum absolute atomic E-state index is 14.2. The lowest BCUT2D eigenvalue weighted by Gasteiger charge is -2.27. The van der Waals surface area contributed by atoms with E-state index in [1.54, 1.807) is 12.1 Å². The molecule has 0 bridgehead atoms. The van der Waals surface area contributed by atoms with Crippen molar-refractivity contribution in [1.29, 1.82) is 0 Å². The predicted octanol–water partition coefficient (Wildman–Crippen LogP) is 3.61. The molecule has 2 aromatic rings. The Morgan fingerprint density at radius 2 is 1.90 bits per heavy atom. The summed E-state index contributed by atoms with van der Waals surface area (Å²) < 4.78 is 19.7. The Kier molecular flexibility index (Phi) is 7.75. The second-order valence-electron chi connectivity index (χ2n) is 7.66. The van der Waals surface area contributed by atoms with Gasteiger partial charge in [0, 0.05) is 31.6 Å². The average molecular weight is 400 g/mol. The van der Waals surface area contributed by atoms with E-state index in [9.17, 15) is 9.50 Å². The smallest absolute Gasteiger partial charge is 0.145 e. The number of hydrogen-bond donors (Lipinski definition) is 1. The molecule has 1 heterocycles. The number of rotatable bonds is 10. The van der Waals surface area contributed by atoms with Gasteiger partial charge in [0.1, 0.15) is 11.9 Å². The first-order valence-electron chi connectivity index (χ1n) is 10.0. The molecule has 0 saturated carbocycles. The average Bonchev–Trinajstić information content (AvgIpc) is 3.17. The molecule has 0 fully saturated rings. The van der Waals surface area contributed by atoms with E-state index < -0.39 is 6.10 Å². The summed E-state index contributed by atoms with van der Waals surface area (Å²) in [5, 5.41) is 14.6. The fourth-order valence-electron chi connectivity index (χ4n) is 3.34. The molecule has 0 unspecified atom stereocenters. The number of halogens is 1. The summed E-state index contributed by atoms with van der Waals surface area (Å²) in [5.41, 5.74) is 2.54. The third-order valence-corrected chi connectivity index (χ3v) is 4.74. The van der Waals surface area contributed by atoms with Crippen LogP contribution in [0, 0.1) is 5.82 Å². The summed E-state index contributed by atoms with van der Waals surface area (Å²) in [6.45, 7) is 5.38. The third kappa shape index (κ3) is 6.63. The van der Waals surface area contributed by atoms with Crippen molar-refractivity contribution < 1.29 is 19.1 Å². The van der Waals surface area contributed by atoms with Gasteiger partial charge in [0.15, 0.2) is 0 Å². The summed E-state index contributed by atoms with van der Waals surface area (Å²) in [6, 6.07) is 16.6. The number of nitrogens with zero attached hydrogens (tertiary/aromatic N) is 2. The lowest BCUT2D eigenvalue weighted by Crippen LogP contribution is -2.39. The highest BCUT2D eigenvalue weighted by molar-refractivity contribution is 6.01. The molecule has 0 aliphatic carbocycles. The first kappa shape index (κ1) is 21.4. The lowest BCUT2D eigenvalue weighted by molar-refractivity contribution is -0.0196. The summed E-state index contributed by atoms with van der Waals surface area (Å²) in [5.74, 6) is -0.251. The molecule has 1 N–H and O–H groups in total. The Morgan fingerprint density at radius 1 is 1.17 bits per heavy atom. The van der Waals surface area contributed by atoms with E-state index in [2.05, 4.69) is 5.16 Å².